The molecule has 2 aromatic rings. The Balaban J connectivity index is 1.71. The van der Waals surface area contributed by atoms with Crippen LogP contribution in [0.2, 0.25) is 0 Å². The molecule has 1 aliphatic carbocycles. The van der Waals surface area contributed by atoms with E-state index < -0.39 is 0 Å². The van der Waals surface area contributed by atoms with E-state index in [0.717, 1.165) is 26.1 Å². The molecule has 2 aliphatic rings. The summed E-state index contributed by atoms with van der Waals surface area (Å²) < 4.78 is 5.31. The summed E-state index contributed by atoms with van der Waals surface area (Å²) >= 11 is 0. The van der Waals surface area contributed by atoms with Crippen LogP contribution in [0.25, 0.3) is 11.5 Å². The van der Waals surface area contributed by atoms with Gasteiger partial charge in [0.15, 0.2) is 11.6 Å². The third-order valence-corrected chi connectivity index (χ3v) is 4.74. The number of piperazine rings is 1. The molecule has 8 nitrogen and oxygen atoms in total. The van der Waals surface area contributed by atoms with E-state index >= 15 is 0 Å². The Morgan fingerprint density at radius 3 is 3.00 bits per heavy atom. The molecule has 0 spiro atoms. The van der Waals surface area contributed by atoms with E-state index in [0.29, 0.717) is 29.9 Å². The van der Waals surface area contributed by atoms with E-state index in [4.69, 9.17) is 4.52 Å². The van der Waals surface area contributed by atoms with E-state index in [1.807, 2.05) is 7.05 Å². The number of aromatic nitrogens is 3. The van der Waals surface area contributed by atoms with E-state index in [1.54, 1.807) is 6.07 Å². The Kier molecular flexibility index (Phi) is 3.78. The lowest BCUT2D eigenvalue weighted by Crippen LogP contribution is -2.44. The van der Waals surface area contributed by atoms with Crippen LogP contribution in [0.1, 0.15) is 40.8 Å². The van der Waals surface area contributed by atoms with Gasteiger partial charge in [-0.05, 0) is 26.0 Å². The lowest BCUT2D eigenvalue weighted by molar-refractivity contribution is 0.0971. The van der Waals surface area contributed by atoms with Gasteiger partial charge in [0, 0.05) is 37.3 Å². The molecule has 126 valence electrons. The van der Waals surface area contributed by atoms with Crippen LogP contribution in [0.5, 0.6) is 0 Å². The smallest absolute Gasteiger partial charge is 0.263 e. The third kappa shape index (κ3) is 2.57. The topological polar surface area (TPSA) is 104 Å². The molecule has 2 N–H and O–H groups in total. The zero-order chi connectivity index (χ0) is 16.7. The largest absolute Gasteiger partial charge is 0.334 e. The van der Waals surface area contributed by atoms with Gasteiger partial charge in [0.25, 0.3) is 11.4 Å². The van der Waals surface area contributed by atoms with Crippen LogP contribution in [0.4, 0.5) is 0 Å². The van der Waals surface area contributed by atoms with Crippen LogP contribution in [-0.2, 0) is 6.42 Å². The highest BCUT2D eigenvalue weighted by molar-refractivity contribution is 5.98. The van der Waals surface area contributed by atoms with Crippen molar-refractivity contribution in [1.82, 2.24) is 25.3 Å². The van der Waals surface area contributed by atoms with Crippen LogP contribution in [0.15, 0.2) is 15.4 Å². The number of ketones is 1. The minimum Gasteiger partial charge on any atom is -0.334 e. The molecule has 1 unspecified atom stereocenters. The number of aromatic amines is 1. The number of H-pyrrole nitrogens is 1. The molecule has 1 fully saturated rings. The van der Waals surface area contributed by atoms with Gasteiger partial charge in [-0.25, -0.2) is 0 Å². The molecule has 1 atom stereocenters. The maximum absolute atomic E-state index is 12.3. The fourth-order valence-corrected chi connectivity index (χ4v) is 3.31. The van der Waals surface area contributed by atoms with Gasteiger partial charge in [0.05, 0.1) is 6.04 Å². The Morgan fingerprint density at radius 1 is 1.29 bits per heavy atom. The van der Waals surface area contributed by atoms with Crippen molar-refractivity contribution in [3.63, 3.8) is 0 Å². The first-order valence-electron chi connectivity index (χ1n) is 8.18. The zero-order valence-corrected chi connectivity index (χ0v) is 13.5. The molecule has 24 heavy (non-hydrogen) atoms. The summed E-state index contributed by atoms with van der Waals surface area (Å²) in [7, 11) is 2.01. The number of carbonyl (C=O) groups is 1. The number of aryl methyl sites for hydroxylation is 1. The number of likely N-dealkylation sites (N-methyl/N-ethyl adjacent to an activating group) is 1. The summed E-state index contributed by atoms with van der Waals surface area (Å²) in [5, 5.41) is 7.33. The predicted octanol–water partition coefficient (Wildman–Crippen LogP) is 0.520. The number of Topliss-reactive ketones (excluding diaryl/α,β-unsaturated/α-hetero) is 1. The second-order valence-corrected chi connectivity index (χ2v) is 6.34. The molecule has 0 amide bonds. The minimum atomic E-state index is -0.297. The van der Waals surface area contributed by atoms with Crippen molar-refractivity contribution >= 4 is 5.78 Å². The zero-order valence-electron chi connectivity index (χ0n) is 13.5. The fraction of sp³-hybridized carbons (Fsp3) is 0.500. The van der Waals surface area contributed by atoms with Gasteiger partial charge in [-0.1, -0.05) is 5.16 Å². The summed E-state index contributed by atoms with van der Waals surface area (Å²) in [6.45, 7) is 2.54. The summed E-state index contributed by atoms with van der Waals surface area (Å²) in [4.78, 5) is 33.7. The molecule has 0 bridgehead atoms. The summed E-state index contributed by atoms with van der Waals surface area (Å²) in [5.41, 5.74) is 1.23. The van der Waals surface area contributed by atoms with Crippen molar-refractivity contribution in [2.24, 2.45) is 0 Å². The van der Waals surface area contributed by atoms with Crippen LogP contribution in [0, 0.1) is 0 Å². The lowest BCUT2D eigenvalue weighted by Gasteiger charge is -2.30. The average molecular weight is 329 g/mol. The van der Waals surface area contributed by atoms with Crippen molar-refractivity contribution in [3.8, 4) is 11.5 Å². The first kappa shape index (κ1) is 15.2. The molecule has 0 radical (unpaired) electrons. The maximum Gasteiger partial charge on any atom is 0.263 e. The van der Waals surface area contributed by atoms with Gasteiger partial charge >= 0.3 is 0 Å². The Hall–Kier alpha value is -2.32. The quantitative estimate of drug-likeness (QED) is 0.827. The number of hydrogen-bond acceptors (Lipinski definition) is 7. The summed E-state index contributed by atoms with van der Waals surface area (Å²) in [6.07, 6.45) is 1.99. The van der Waals surface area contributed by atoms with Crippen molar-refractivity contribution in [3.05, 3.63) is 33.5 Å². The lowest BCUT2D eigenvalue weighted by atomic mass is 9.94. The molecule has 4 rings (SSSR count). The van der Waals surface area contributed by atoms with Crippen LogP contribution < -0.4 is 10.9 Å². The highest BCUT2D eigenvalue weighted by Crippen LogP contribution is 2.24. The average Bonchev–Trinajstić information content (AvgIpc) is 3.04. The Morgan fingerprint density at radius 2 is 2.17 bits per heavy atom. The summed E-state index contributed by atoms with van der Waals surface area (Å²) in [6, 6.07) is 1.60. The van der Waals surface area contributed by atoms with Crippen molar-refractivity contribution in [1.29, 1.82) is 0 Å². The molecule has 8 heteroatoms. The predicted molar refractivity (Wildman–Crippen MR) is 85.9 cm³/mol. The molecule has 3 heterocycles. The molecule has 2 aromatic heterocycles. The van der Waals surface area contributed by atoms with Crippen molar-refractivity contribution in [2.45, 2.75) is 25.3 Å². The van der Waals surface area contributed by atoms with Crippen LogP contribution in [-0.4, -0.2) is 52.5 Å². The van der Waals surface area contributed by atoms with Crippen molar-refractivity contribution < 1.29 is 9.32 Å². The van der Waals surface area contributed by atoms with E-state index in [2.05, 4.69) is 25.3 Å². The van der Waals surface area contributed by atoms with Crippen molar-refractivity contribution in [2.75, 3.05) is 26.7 Å². The van der Waals surface area contributed by atoms with Crippen LogP contribution >= 0.6 is 0 Å². The molecule has 0 saturated carbocycles. The van der Waals surface area contributed by atoms with Gasteiger partial charge in [-0.3, -0.25) is 14.5 Å². The monoisotopic (exact) mass is 329 g/mol. The number of nitrogens with one attached hydrogen (secondary N) is 2. The van der Waals surface area contributed by atoms with Gasteiger partial charge < -0.3 is 14.8 Å². The van der Waals surface area contributed by atoms with E-state index in [1.165, 1.54) is 0 Å². The second kappa shape index (κ2) is 5.95. The van der Waals surface area contributed by atoms with Gasteiger partial charge in [0.1, 0.15) is 5.56 Å². The molecular weight excluding hydrogens is 310 g/mol. The first-order valence-corrected chi connectivity index (χ1v) is 8.18. The maximum atomic E-state index is 12.3. The molecule has 1 saturated heterocycles. The Labute approximate surface area is 138 Å². The fourth-order valence-electron chi connectivity index (χ4n) is 3.31. The highest BCUT2D eigenvalue weighted by Gasteiger charge is 2.27. The molecular formula is C16H19N5O3. The third-order valence-electron chi connectivity index (χ3n) is 4.74. The number of fused-ring (bicyclic) bond motifs is 1. The minimum absolute atomic E-state index is 0.00888. The Bertz CT molecular complexity index is 840. The van der Waals surface area contributed by atoms with Gasteiger partial charge in [-0.2, -0.15) is 4.98 Å². The standard InChI is InChI=1S/C16H19N5O3/c1-21-6-5-17-8-12(21)14-19-16(24-20-14)10-7-9-11(18-15(10)23)3-2-4-13(9)22/h7,12,17H,2-6,8H2,1H3,(H,18,23). The number of rotatable bonds is 2. The number of pyridine rings is 1. The normalized spacial score (nSPS) is 21.7. The SMILES string of the molecule is CN1CCNCC1c1noc(-c2cc3c([nH]c2=O)CCCC3=O)n1. The van der Waals surface area contributed by atoms with Crippen LogP contribution in [0.3, 0.4) is 0 Å². The van der Waals surface area contributed by atoms with E-state index in [9.17, 15) is 9.59 Å². The van der Waals surface area contributed by atoms with Gasteiger partial charge in [0.2, 0.25) is 0 Å². The summed E-state index contributed by atoms with van der Waals surface area (Å²) in [5.74, 6) is 0.749. The first-order chi connectivity index (χ1) is 11.6. The van der Waals surface area contributed by atoms with E-state index in [-0.39, 0.29) is 28.8 Å². The van der Waals surface area contributed by atoms with Gasteiger partial charge in [-0.15, -0.1) is 0 Å². The second-order valence-electron chi connectivity index (χ2n) is 6.34. The highest BCUT2D eigenvalue weighted by atomic mass is 16.5. The number of carbonyl (C=O) groups excluding carboxylic acids is 1. The number of hydrogen-bond donors (Lipinski definition) is 2. The molecule has 1 aliphatic heterocycles. The number of nitrogens with zero attached hydrogens (tertiary/aromatic N) is 3. The molecule has 0 aromatic carbocycles.